The lowest BCUT2D eigenvalue weighted by atomic mass is 10.2. The van der Waals surface area contributed by atoms with Gasteiger partial charge < -0.3 is 19.4 Å². The van der Waals surface area contributed by atoms with Gasteiger partial charge in [0.1, 0.15) is 5.75 Å². The summed E-state index contributed by atoms with van der Waals surface area (Å²) in [5, 5.41) is 2.09. The third kappa shape index (κ3) is 4.56. The van der Waals surface area contributed by atoms with Crippen molar-refractivity contribution in [1.29, 1.82) is 0 Å². The van der Waals surface area contributed by atoms with Crippen molar-refractivity contribution < 1.29 is 14.4 Å². The molecule has 2 aromatic rings. The van der Waals surface area contributed by atoms with E-state index < -0.39 is 0 Å². The molecule has 1 N–H and O–H groups in total. The Morgan fingerprint density at radius 3 is 2.50 bits per heavy atom. The van der Waals surface area contributed by atoms with Crippen LogP contribution < -0.4 is 14.5 Å². The van der Waals surface area contributed by atoms with Crippen LogP contribution in [0.1, 0.15) is 10.4 Å². The number of hydrogen-bond donors (Lipinski definition) is 1. The van der Waals surface area contributed by atoms with Crippen molar-refractivity contribution in [2.45, 2.75) is 13.5 Å². The first kappa shape index (κ1) is 18.7. The van der Waals surface area contributed by atoms with Crippen LogP contribution in [-0.2, 0) is 11.3 Å². The molecule has 6 heteroatoms. The summed E-state index contributed by atoms with van der Waals surface area (Å²) in [6.45, 7) is 7.33. The number of methoxy groups -OCH3 is 1. The Morgan fingerprint density at radius 2 is 1.92 bits per heavy atom. The molecular weight excluding hydrogens is 346 g/mol. The van der Waals surface area contributed by atoms with E-state index in [1.165, 1.54) is 21.0 Å². The summed E-state index contributed by atoms with van der Waals surface area (Å²) in [5.74, 6) is 1.11. The van der Waals surface area contributed by atoms with Gasteiger partial charge in [-0.3, -0.25) is 4.79 Å². The van der Waals surface area contributed by atoms with Crippen molar-refractivity contribution in [2.24, 2.45) is 0 Å². The quantitative estimate of drug-likeness (QED) is 0.831. The molecule has 0 spiro atoms. The minimum atomic E-state index is 0.227. The third-order valence-electron chi connectivity index (χ3n) is 5.08. The molecule has 0 radical (unpaired) electrons. The molecule has 1 aliphatic rings. The predicted molar refractivity (Wildman–Crippen MR) is 106 cm³/mol. The molecule has 1 aromatic heterocycles. The fourth-order valence-corrected chi connectivity index (χ4v) is 4.23. The van der Waals surface area contributed by atoms with Gasteiger partial charge in [0, 0.05) is 17.6 Å². The first-order valence-corrected chi connectivity index (χ1v) is 9.94. The number of hydrogen-bond acceptors (Lipinski definition) is 4. The maximum atomic E-state index is 12.6. The minimum Gasteiger partial charge on any atom is -0.497 e. The van der Waals surface area contributed by atoms with E-state index in [0.29, 0.717) is 13.1 Å². The highest BCUT2D eigenvalue weighted by Crippen LogP contribution is 2.19. The van der Waals surface area contributed by atoms with Gasteiger partial charge in [-0.05, 0) is 48.2 Å². The molecule has 0 aliphatic carbocycles. The van der Waals surface area contributed by atoms with Crippen LogP contribution >= 0.6 is 11.3 Å². The Labute approximate surface area is 159 Å². The van der Waals surface area contributed by atoms with E-state index in [0.717, 1.165) is 31.9 Å². The molecule has 0 atom stereocenters. The molecule has 26 heavy (non-hydrogen) atoms. The van der Waals surface area contributed by atoms with Crippen LogP contribution in [0.2, 0.25) is 0 Å². The van der Waals surface area contributed by atoms with Gasteiger partial charge in [-0.15, -0.1) is 11.3 Å². The highest BCUT2D eigenvalue weighted by atomic mass is 32.1. The average molecular weight is 375 g/mol. The zero-order chi connectivity index (χ0) is 18.5. The Morgan fingerprint density at radius 1 is 1.23 bits per heavy atom. The molecule has 0 bridgehead atoms. The number of anilines is 1. The van der Waals surface area contributed by atoms with Gasteiger partial charge in [0.05, 0.1) is 39.8 Å². The number of piperazine rings is 1. The van der Waals surface area contributed by atoms with E-state index in [1.54, 1.807) is 18.4 Å². The number of aryl methyl sites for hydroxylation is 1. The smallest absolute Gasteiger partial charge is 0.277 e. The van der Waals surface area contributed by atoms with Crippen LogP contribution in [0.3, 0.4) is 0 Å². The zero-order valence-electron chi connectivity index (χ0n) is 15.8. The average Bonchev–Trinajstić information content (AvgIpc) is 3.07. The summed E-state index contributed by atoms with van der Waals surface area (Å²) >= 11 is 1.73. The van der Waals surface area contributed by atoms with Crippen molar-refractivity contribution in [3.63, 3.8) is 0 Å². The Kier molecular flexibility index (Phi) is 6.16. The van der Waals surface area contributed by atoms with E-state index in [9.17, 15) is 4.79 Å². The number of nitrogens with one attached hydrogen (secondary N) is 1. The summed E-state index contributed by atoms with van der Waals surface area (Å²) in [4.78, 5) is 19.4. The van der Waals surface area contributed by atoms with E-state index in [2.05, 4.69) is 35.4 Å². The van der Waals surface area contributed by atoms with Crippen LogP contribution in [0.25, 0.3) is 0 Å². The number of amides is 1. The number of nitrogens with zero attached hydrogens (tertiary/aromatic N) is 2. The lowest BCUT2D eigenvalue weighted by Crippen LogP contribution is -3.15. The first-order valence-electron chi connectivity index (χ1n) is 9.06. The molecule has 2 heterocycles. The molecule has 140 valence electrons. The van der Waals surface area contributed by atoms with Crippen LogP contribution in [0.15, 0.2) is 35.7 Å². The lowest BCUT2D eigenvalue weighted by Gasteiger charge is -2.34. The van der Waals surface area contributed by atoms with E-state index in [4.69, 9.17) is 4.74 Å². The van der Waals surface area contributed by atoms with Gasteiger partial charge >= 0.3 is 0 Å². The highest BCUT2D eigenvalue weighted by Gasteiger charge is 2.24. The topological polar surface area (TPSA) is 37.2 Å². The van der Waals surface area contributed by atoms with Gasteiger partial charge in [-0.2, -0.15) is 0 Å². The molecule has 5 nitrogen and oxygen atoms in total. The van der Waals surface area contributed by atoms with Gasteiger partial charge in [0.25, 0.3) is 5.91 Å². The second kappa shape index (κ2) is 8.56. The van der Waals surface area contributed by atoms with Crippen LogP contribution in [-0.4, -0.2) is 57.7 Å². The number of thiophene rings is 1. The van der Waals surface area contributed by atoms with Crippen molar-refractivity contribution in [1.82, 2.24) is 4.90 Å². The minimum absolute atomic E-state index is 0.227. The Balaban J connectivity index is 1.47. The normalized spacial score (nSPS) is 15.1. The number of carbonyl (C=O) groups is 1. The standard InChI is InChI=1S/C20H27N3O2S/c1-16-8-13-26-19(16)14-21(2)20(24)15-22-9-11-23(12-10-22)17-4-6-18(25-3)7-5-17/h4-8,13H,9-12,14-15H2,1-3H3/p+1. The van der Waals surface area contributed by atoms with E-state index >= 15 is 0 Å². The maximum absolute atomic E-state index is 12.6. The van der Waals surface area contributed by atoms with Crippen molar-refractivity contribution >= 4 is 22.9 Å². The molecule has 1 amide bonds. The monoisotopic (exact) mass is 374 g/mol. The summed E-state index contributed by atoms with van der Waals surface area (Å²) in [6, 6.07) is 10.3. The molecule has 0 unspecified atom stereocenters. The molecule has 1 saturated heterocycles. The number of rotatable bonds is 6. The summed E-state index contributed by atoms with van der Waals surface area (Å²) in [5.41, 5.74) is 2.50. The number of benzene rings is 1. The number of quaternary nitrogens is 1. The molecule has 3 rings (SSSR count). The van der Waals surface area contributed by atoms with Crippen molar-refractivity contribution in [3.05, 3.63) is 46.2 Å². The number of ether oxygens (including phenoxy) is 1. The van der Waals surface area contributed by atoms with Crippen LogP contribution in [0.5, 0.6) is 5.75 Å². The van der Waals surface area contributed by atoms with Crippen molar-refractivity contribution in [3.8, 4) is 5.75 Å². The van der Waals surface area contributed by atoms with Gasteiger partial charge in [0.15, 0.2) is 6.54 Å². The van der Waals surface area contributed by atoms with E-state index in [1.807, 2.05) is 24.1 Å². The first-order chi connectivity index (χ1) is 12.6. The fraction of sp³-hybridized carbons (Fsp3) is 0.450. The van der Waals surface area contributed by atoms with Crippen LogP contribution in [0, 0.1) is 6.92 Å². The number of likely N-dealkylation sites (N-methyl/N-ethyl adjacent to an activating group) is 1. The summed E-state index contributed by atoms with van der Waals surface area (Å²) in [7, 11) is 3.60. The van der Waals surface area contributed by atoms with Crippen LogP contribution in [0.4, 0.5) is 5.69 Å². The Bertz CT molecular complexity index is 721. The predicted octanol–water partition coefficient (Wildman–Crippen LogP) is 1.43. The molecule has 1 aromatic carbocycles. The molecule has 1 fully saturated rings. The summed E-state index contributed by atoms with van der Waals surface area (Å²) < 4.78 is 5.22. The van der Waals surface area contributed by atoms with E-state index in [-0.39, 0.29) is 5.91 Å². The van der Waals surface area contributed by atoms with Crippen molar-refractivity contribution in [2.75, 3.05) is 51.8 Å². The van der Waals surface area contributed by atoms with Gasteiger partial charge in [-0.25, -0.2) is 0 Å². The Hall–Kier alpha value is -2.05. The second-order valence-electron chi connectivity index (χ2n) is 6.89. The molecule has 1 aliphatic heterocycles. The zero-order valence-corrected chi connectivity index (χ0v) is 16.6. The van der Waals surface area contributed by atoms with Gasteiger partial charge in [-0.1, -0.05) is 0 Å². The maximum Gasteiger partial charge on any atom is 0.277 e. The van der Waals surface area contributed by atoms with Gasteiger partial charge in [0.2, 0.25) is 0 Å². The molecule has 0 saturated carbocycles. The fourth-order valence-electron chi connectivity index (χ4n) is 3.27. The summed E-state index contributed by atoms with van der Waals surface area (Å²) in [6.07, 6.45) is 0. The lowest BCUT2D eigenvalue weighted by molar-refractivity contribution is -0.892. The SMILES string of the molecule is COc1ccc(N2CC[NH+](CC(=O)N(C)Cc3sccc3C)CC2)cc1. The second-order valence-corrected chi connectivity index (χ2v) is 7.89. The third-order valence-corrected chi connectivity index (χ3v) is 6.09. The highest BCUT2D eigenvalue weighted by molar-refractivity contribution is 7.10. The molecular formula is C20H28N3O2S+. The largest absolute Gasteiger partial charge is 0.497 e. The number of carbonyl (C=O) groups excluding carboxylic acids is 1.